The van der Waals surface area contributed by atoms with E-state index in [2.05, 4.69) is 0 Å². The fourth-order valence-electron chi connectivity index (χ4n) is 1.22. The standard InChI is InChI=1S/C8H6O6S.Cu/c9-7(10)5-3-4(14-2-1-13-3)6(15-5)8(11)12;/h1-2H2,(H,9,10)(H,11,12);/q;+2/p-2. The number of ether oxygens (including phenoxy) is 2. The summed E-state index contributed by atoms with van der Waals surface area (Å²) in [7, 11) is 0. The van der Waals surface area contributed by atoms with Crippen LogP contribution < -0.4 is 19.7 Å². The number of thiophene rings is 1. The molecule has 2 rings (SSSR count). The average molecular weight is 292 g/mol. The third kappa shape index (κ3) is 1.99. The Morgan fingerprint density at radius 3 is 1.69 bits per heavy atom. The third-order valence-corrected chi connectivity index (χ3v) is 2.88. The zero-order chi connectivity index (χ0) is 11.0. The zero-order valence-electron chi connectivity index (χ0n) is 7.57. The summed E-state index contributed by atoms with van der Waals surface area (Å²) in [4.78, 5) is 20.7. The first-order valence-electron chi connectivity index (χ1n) is 3.96. The van der Waals surface area contributed by atoms with Crippen LogP contribution in [-0.2, 0) is 17.1 Å². The molecule has 8 heteroatoms. The van der Waals surface area contributed by atoms with E-state index in [-0.39, 0.29) is 51.5 Å². The van der Waals surface area contributed by atoms with Gasteiger partial charge in [-0.25, -0.2) is 0 Å². The molecule has 0 saturated heterocycles. The Morgan fingerprint density at radius 1 is 1.00 bits per heavy atom. The van der Waals surface area contributed by atoms with Gasteiger partial charge in [-0.15, -0.1) is 11.3 Å². The Balaban J connectivity index is 0.00000128. The maximum Gasteiger partial charge on any atom is 2.00 e. The molecule has 1 aromatic heterocycles. The second kappa shape index (κ2) is 4.73. The molecule has 0 N–H and O–H groups in total. The molecular formula is C8H4CuO6S. The fourth-order valence-corrected chi connectivity index (χ4v) is 2.08. The summed E-state index contributed by atoms with van der Waals surface area (Å²) >= 11 is 0.517. The molecule has 0 spiro atoms. The molecule has 1 aromatic rings. The Kier molecular flexibility index (Phi) is 3.79. The van der Waals surface area contributed by atoms with Crippen molar-refractivity contribution in [3.8, 4) is 11.5 Å². The van der Waals surface area contributed by atoms with E-state index in [1.807, 2.05) is 0 Å². The van der Waals surface area contributed by atoms with Crippen LogP contribution in [0.4, 0.5) is 0 Å². The van der Waals surface area contributed by atoms with E-state index < -0.39 is 11.9 Å². The smallest absolute Gasteiger partial charge is 0.544 e. The van der Waals surface area contributed by atoms with E-state index >= 15 is 0 Å². The van der Waals surface area contributed by atoms with Crippen LogP contribution in [0, 0.1) is 0 Å². The molecule has 0 aliphatic carbocycles. The molecule has 0 fully saturated rings. The molecule has 16 heavy (non-hydrogen) atoms. The summed E-state index contributed by atoms with van der Waals surface area (Å²) in [5.41, 5.74) is 0. The fraction of sp³-hybridized carbons (Fsp3) is 0.250. The van der Waals surface area contributed by atoms with Crippen molar-refractivity contribution in [2.45, 2.75) is 0 Å². The molecule has 1 aliphatic heterocycles. The Bertz CT molecular complexity index is 401. The summed E-state index contributed by atoms with van der Waals surface area (Å²) in [5, 5.41) is 21.3. The normalized spacial score (nSPS) is 12.8. The Labute approximate surface area is 104 Å². The summed E-state index contributed by atoms with van der Waals surface area (Å²) in [6.07, 6.45) is 0. The van der Waals surface area contributed by atoms with Crippen LogP contribution in [0.15, 0.2) is 0 Å². The van der Waals surface area contributed by atoms with Crippen molar-refractivity contribution in [2.24, 2.45) is 0 Å². The van der Waals surface area contributed by atoms with Gasteiger partial charge in [0, 0.05) is 0 Å². The van der Waals surface area contributed by atoms with Crippen molar-refractivity contribution < 1.29 is 46.3 Å². The van der Waals surface area contributed by atoms with Gasteiger partial charge in [0.1, 0.15) is 13.2 Å². The van der Waals surface area contributed by atoms with E-state index in [1.54, 1.807) is 0 Å². The van der Waals surface area contributed by atoms with Gasteiger partial charge in [-0.1, -0.05) is 0 Å². The number of hydrogen-bond acceptors (Lipinski definition) is 7. The van der Waals surface area contributed by atoms with Gasteiger partial charge in [0.05, 0.1) is 21.7 Å². The molecule has 2 heterocycles. The summed E-state index contributed by atoms with van der Waals surface area (Å²) in [5.74, 6) is -3.14. The van der Waals surface area contributed by atoms with Gasteiger partial charge >= 0.3 is 17.1 Å². The van der Waals surface area contributed by atoms with Crippen LogP contribution in [-0.4, -0.2) is 25.2 Å². The predicted molar refractivity (Wildman–Crippen MR) is 44.0 cm³/mol. The Morgan fingerprint density at radius 2 is 1.38 bits per heavy atom. The van der Waals surface area contributed by atoms with Crippen molar-refractivity contribution in [3.05, 3.63) is 9.75 Å². The van der Waals surface area contributed by atoms with E-state index in [9.17, 15) is 19.8 Å². The topological polar surface area (TPSA) is 98.7 Å². The number of carbonyl (C=O) groups excluding carboxylic acids is 2. The second-order valence-electron chi connectivity index (χ2n) is 2.69. The van der Waals surface area contributed by atoms with Crippen molar-refractivity contribution in [2.75, 3.05) is 13.2 Å². The van der Waals surface area contributed by atoms with Gasteiger partial charge in [0.2, 0.25) is 0 Å². The second-order valence-corrected chi connectivity index (χ2v) is 3.71. The number of carboxylic acids is 2. The minimum atomic E-state index is -1.49. The van der Waals surface area contributed by atoms with Crippen molar-refractivity contribution in [1.29, 1.82) is 0 Å². The first-order chi connectivity index (χ1) is 7.11. The van der Waals surface area contributed by atoms with Gasteiger partial charge in [0.25, 0.3) is 0 Å². The van der Waals surface area contributed by atoms with Crippen LogP contribution >= 0.6 is 11.3 Å². The van der Waals surface area contributed by atoms with Gasteiger partial charge in [-0.3, -0.25) is 0 Å². The first-order valence-corrected chi connectivity index (χ1v) is 4.78. The molecule has 0 bridgehead atoms. The number of hydrogen-bond donors (Lipinski definition) is 0. The van der Waals surface area contributed by atoms with Crippen LogP contribution in [0.1, 0.15) is 19.3 Å². The maximum absolute atomic E-state index is 10.7. The van der Waals surface area contributed by atoms with Crippen LogP contribution in [0.2, 0.25) is 0 Å². The number of carboxylic acid groups (broad SMARTS) is 2. The van der Waals surface area contributed by atoms with Gasteiger partial charge < -0.3 is 29.3 Å². The van der Waals surface area contributed by atoms with E-state index in [4.69, 9.17) is 9.47 Å². The largest absolute Gasteiger partial charge is 2.00 e. The summed E-state index contributed by atoms with van der Waals surface area (Å²) in [6, 6.07) is 0. The number of rotatable bonds is 2. The van der Waals surface area contributed by atoms with Gasteiger partial charge in [0.15, 0.2) is 11.5 Å². The molecule has 1 radical (unpaired) electrons. The summed E-state index contributed by atoms with van der Waals surface area (Å²) < 4.78 is 10.0. The predicted octanol–water partition coefficient (Wildman–Crippen LogP) is -1.76. The number of fused-ring (bicyclic) bond motifs is 1. The van der Waals surface area contributed by atoms with E-state index in [0.717, 1.165) is 0 Å². The van der Waals surface area contributed by atoms with Crippen molar-refractivity contribution >= 4 is 23.3 Å². The van der Waals surface area contributed by atoms with Gasteiger partial charge in [-0.05, 0) is 0 Å². The number of aromatic carboxylic acids is 2. The monoisotopic (exact) mass is 291 g/mol. The zero-order valence-corrected chi connectivity index (χ0v) is 9.33. The molecule has 0 atom stereocenters. The molecule has 6 nitrogen and oxygen atoms in total. The quantitative estimate of drug-likeness (QED) is 0.599. The molecule has 0 unspecified atom stereocenters. The van der Waals surface area contributed by atoms with Crippen molar-refractivity contribution in [1.82, 2.24) is 0 Å². The van der Waals surface area contributed by atoms with Crippen LogP contribution in [0.25, 0.3) is 0 Å². The number of carbonyl (C=O) groups is 2. The maximum atomic E-state index is 10.7. The third-order valence-electron chi connectivity index (χ3n) is 1.77. The summed E-state index contributed by atoms with van der Waals surface area (Å²) in [6.45, 7) is 0.354. The molecule has 1 aliphatic rings. The average Bonchev–Trinajstić information content (AvgIpc) is 2.56. The van der Waals surface area contributed by atoms with Gasteiger partial charge in [-0.2, -0.15) is 0 Å². The van der Waals surface area contributed by atoms with Crippen molar-refractivity contribution in [3.63, 3.8) is 0 Å². The first kappa shape index (κ1) is 12.8. The minimum absolute atomic E-state index is 0. The molecule has 0 saturated carbocycles. The Hall–Kier alpha value is -1.24. The van der Waals surface area contributed by atoms with E-state index in [1.165, 1.54) is 0 Å². The molecular weight excluding hydrogens is 288 g/mol. The van der Waals surface area contributed by atoms with Crippen LogP contribution in [0.3, 0.4) is 0 Å². The van der Waals surface area contributed by atoms with Crippen LogP contribution in [0.5, 0.6) is 11.5 Å². The molecule has 89 valence electrons. The molecule has 0 aromatic carbocycles. The minimum Gasteiger partial charge on any atom is -0.544 e. The molecule has 0 amide bonds. The SMILES string of the molecule is O=C([O-])c1sc(C(=O)[O-])c2c1OCCO2.[Cu+2]. The van der Waals surface area contributed by atoms with E-state index in [0.29, 0.717) is 11.3 Å².